The van der Waals surface area contributed by atoms with Crippen molar-refractivity contribution in [1.29, 1.82) is 0 Å². The van der Waals surface area contributed by atoms with Crippen LogP contribution in [0.2, 0.25) is 5.02 Å². The topological polar surface area (TPSA) is 115 Å². The van der Waals surface area contributed by atoms with Crippen molar-refractivity contribution in [2.75, 3.05) is 0 Å². The van der Waals surface area contributed by atoms with E-state index in [4.69, 9.17) is 25.5 Å². The van der Waals surface area contributed by atoms with Crippen molar-refractivity contribution in [1.82, 2.24) is 5.32 Å². The summed E-state index contributed by atoms with van der Waals surface area (Å²) in [4.78, 5) is 38.1. The lowest BCUT2D eigenvalue weighted by Gasteiger charge is -2.17. The number of nitrogens with one attached hydrogen (secondary N) is 1. The summed E-state index contributed by atoms with van der Waals surface area (Å²) >= 11 is 6.00. The molecule has 0 radical (unpaired) electrons. The normalized spacial score (nSPS) is 11.8. The number of carbonyl (C=O) groups excluding carboxylic acids is 2. The van der Waals surface area contributed by atoms with Crippen LogP contribution >= 0.6 is 11.6 Å². The Bertz CT molecular complexity index is 1470. The molecule has 0 saturated heterocycles. The van der Waals surface area contributed by atoms with E-state index in [2.05, 4.69) is 5.32 Å². The Morgan fingerprint density at radius 2 is 1.86 bits per heavy atom. The number of phenolic OH excluding ortho intramolecular Hbond substituents is 1. The molecule has 0 aliphatic carbocycles. The van der Waals surface area contributed by atoms with Crippen LogP contribution in [0.4, 0.5) is 4.79 Å². The van der Waals surface area contributed by atoms with Crippen molar-refractivity contribution in [3.63, 3.8) is 0 Å². The third kappa shape index (κ3) is 5.78. The molecule has 1 heterocycles. The van der Waals surface area contributed by atoms with Crippen LogP contribution in [0.3, 0.4) is 0 Å². The highest BCUT2D eigenvalue weighted by Gasteiger charge is 2.24. The summed E-state index contributed by atoms with van der Waals surface area (Å²) in [5.74, 6) is -1.19. The van der Waals surface area contributed by atoms with Gasteiger partial charge in [0.25, 0.3) is 0 Å². The zero-order valence-electron chi connectivity index (χ0n) is 19.5. The second-order valence-electron chi connectivity index (χ2n) is 8.21. The second kappa shape index (κ2) is 11.1. The first kappa shape index (κ1) is 25.1. The lowest BCUT2D eigenvalue weighted by Crippen LogP contribution is -2.43. The van der Waals surface area contributed by atoms with Gasteiger partial charge in [0.1, 0.15) is 40.7 Å². The highest BCUT2D eigenvalue weighted by molar-refractivity contribution is 6.31. The molecule has 0 saturated carbocycles. The smallest absolute Gasteiger partial charge is 0.408 e. The maximum absolute atomic E-state index is 12.9. The van der Waals surface area contributed by atoms with Crippen molar-refractivity contribution in [3.05, 3.63) is 81.5 Å². The van der Waals surface area contributed by atoms with E-state index in [0.29, 0.717) is 17.9 Å². The minimum absolute atomic E-state index is 0.0258. The molecule has 0 spiro atoms. The van der Waals surface area contributed by atoms with Crippen molar-refractivity contribution >= 4 is 45.6 Å². The summed E-state index contributed by atoms with van der Waals surface area (Å²) in [5, 5.41) is 13.6. The fourth-order valence-electron chi connectivity index (χ4n) is 3.72. The fraction of sp³-hybridized carbons (Fsp3) is 0.222. The number of hydrogen-bond donors (Lipinski definition) is 2. The predicted molar refractivity (Wildman–Crippen MR) is 135 cm³/mol. The van der Waals surface area contributed by atoms with E-state index < -0.39 is 29.3 Å². The molecule has 186 valence electrons. The Kier molecular flexibility index (Phi) is 7.75. The maximum atomic E-state index is 12.9. The quantitative estimate of drug-likeness (QED) is 0.178. The number of fused-ring (bicyclic) bond motifs is 2. The third-order valence-corrected chi connectivity index (χ3v) is 5.78. The summed E-state index contributed by atoms with van der Waals surface area (Å²) in [5.41, 5.74) is 0.619. The van der Waals surface area contributed by atoms with Crippen LogP contribution in [0.25, 0.3) is 21.9 Å². The molecule has 8 nitrogen and oxygen atoms in total. The van der Waals surface area contributed by atoms with Gasteiger partial charge >= 0.3 is 12.1 Å². The summed E-state index contributed by atoms with van der Waals surface area (Å²) in [6.07, 6.45) is 1.02. The number of benzene rings is 3. The van der Waals surface area contributed by atoms with Crippen LogP contribution in [0.5, 0.6) is 11.5 Å². The lowest BCUT2D eigenvalue weighted by atomic mass is 10.1. The highest BCUT2D eigenvalue weighted by atomic mass is 35.5. The Balaban J connectivity index is 1.53. The average Bonchev–Trinajstić information content (AvgIpc) is 2.85. The molecule has 9 heteroatoms. The number of amides is 1. The number of unbranched alkanes of at least 4 members (excludes halogenated alkanes) is 1. The number of phenols is 1. The molecule has 2 N–H and O–H groups in total. The second-order valence-corrected chi connectivity index (χ2v) is 8.65. The standard InChI is InChI=1S/C27H24ClNO7/c1-2-3-9-20(29-27(33)34-15-16-7-5-4-6-8-16)26(32)35-18-13-21(30)24-23(14-18)36-22-12-17(28)10-11-19(22)25(24)31/h4-8,10-14,20,30H,2-3,9,15H2,1H3,(H,29,33). The minimum atomic E-state index is -0.978. The number of rotatable bonds is 8. The SMILES string of the molecule is CCCCC(NC(=O)OCc1ccccc1)C(=O)Oc1cc(O)c2c(=O)c3ccc(Cl)cc3oc2c1. The Hall–Kier alpha value is -4.04. The number of alkyl carbamates (subject to hydrolysis) is 1. The van der Waals surface area contributed by atoms with Gasteiger partial charge in [-0.3, -0.25) is 4.79 Å². The van der Waals surface area contributed by atoms with Crippen LogP contribution in [-0.2, 0) is 16.1 Å². The Labute approximate surface area is 211 Å². The van der Waals surface area contributed by atoms with Gasteiger partial charge in [-0.15, -0.1) is 0 Å². The lowest BCUT2D eigenvalue weighted by molar-refractivity contribution is -0.136. The van der Waals surface area contributed by atoms with Gasteiger partial charge in [-0.05, 0) is 24.1 Å². The van der Waals surface area contributed by atoms with E-state index in [-0.39, 0.29) is 34.3 Å². The minimum Gasteiger partial charge on any atom is -0.507 e. The average molecular weight is 510 g/mol. The molecule has 3 aromatic carbocycles. The van der Waals surface area contributed by atoms with Crippen LogP contribution in [0.15, 0.2) is 69.9 Å². The molecule has 0 aliphatic heterocycles. The van der Waals surface area contributed by atoms with Crippen molar-refractivity contribution in [2.24, 2.45) is 0 Å². The largest absolute Gasteiger partial charge is 0.507 e. The van der Waals surface area contributed by atoms with Gasteiger partial charge in [0.05, 0.1) is 5.39 Å². The molecular formula is C27H24ClNO7. The van der Waals surface area contributed by atoms with Crippen LogP contribution in [-0.4, -0.2) is 23.2 Å². The van der Waals surface area contributed by atoms with Gasteiger partial charge < -0.3 is 24.3 Å². The number of halogens is 1. The summed E-state index contributed by atoms with van der Waals surface area (Å²) < 4.78 is 16.4. The van der Waals surface area contributed by atoms with Crippen LogP contribution in [0, 0.1) is 0 Å². The van der Waals surface area contributed by atoms with Crippen molar-refractivity contribution in [3.8, 4) is 11.5 Å². The number of hydrogen-bond acceptors (Lipinski definition) is 7. The molecule has 1 unspecified atom stereocenters. The molecule has 4 aromatic rings. The zero-order chi connectivity index (χ0) is 25.7. The highest BCUT2D eigenvalue weighted by Crippen LogP contribution is 2.31. The molecular weight excluding hydrogens is 486 g/mol. The first-order valence-corrected chi connectivity index (χ1v) is 11.8. The first-order valence-electron chi connectivity index (χ1n) is 11.4. The summed E-state index contributed by atoms with van der Waals surface area (Å²) in [6, 6.07) is 15.2. The van der Waals surface area contributed by atoms with Crippen molar-refractivity contribution in [2.45, 2.75) is 38.8 Å². The summed E-state index contributed by atoms with van der Waals surface area (Å²) in [7, 11) is 0. The number of esters is 1. The molecule has 1 amide bonds. The van der Waals surface area contributed by atoms with E-state index in [0.717, 1.165) is 18.1 Å². The molecule has 4 rings (SSSR count). The number of aromatic hydroxyl groups is 1. The van der Waals surface area contributed by atoms with Gasteiger partial charge in [0.2, 0.25) is 5.43 Å². The zero-order valence-corrected chi connectivity index (χ0v) is 20.2. The van der Waals surface area contributed by atoms with Gasteiger partial charge in [-0.25, -0.2) is 9.59 Å². The fourth-order valence-corrected chi connectivity index (χ4v) is 3.88. The molecule has 1 atom stereocenters. The first-order chi connectivity index (χ1) is 17.4. The molecule has 1 aromatic heterocycles. The van der Waals surface area contributed by atoms with Crippen LogP contribution < -0.4 is 15.5 Å². The van der Waals surface area contributed by atoms with E-state index in [9.17, 15) is 19.5 Å². The van der Waals surface area contributed by atoms with Gasteiger partial charge in [-0.1, -0.05) is 61.7 Å². The van der Waals surface area contributed by atoms with E-state index in [1.54, 1.807) is 6.07 Å². The molecule has 0 aliphatic rings. The van der Waals surface area contributed by atoms with Gasteiger partial charge in [-0.2, -0.15) is 0 Å². The monoisotopic (exact) mass is 509 g/mol. The Morgan fingerprint density at radius 1 is 1.08 bits per heavy atom. The van der Waals surface area contributed by atoms with Gasteiger partial charge in [0, 0.05) is 23.2 Å². The van der Waals surface area contributed by atoms with Crippen molar-refractivity contribution < 1.29 is 28.6 Å². The predicted octanol–water partition coefficient (Wildman–Crippen LogP) is 5.70. The van der Waals surface area contributed by atoms with E-state index in [1.165, 1.54) is 18.2 Å². The van der Waals surface area contributed by atoms with Crippen LogP contribution in [0.1, 0.15) is 31.7 Å². The molecule has 0 bridgehead atoms. The number of carbonyl (C=O) groups is 2. The summed E-state index contributed by atoms with van der Waals surface area (Å²) in [6.45, 7) is 2.01. The Morgan fingerprint density at radius 3 is 2.61 bits per heavy atom. The van der Waals surface area contributed by atoms with E-state index >= 15 is 0 Å². The number of ether oxygens (including phenoxy) is 2. The van der Waals surface area contributed by atoms with Gasteiger partial charge in [0.15, 0.2) is 0 Å². The third-order valence-electron chi connectivity index (χ3n) is 5.54. The van der Waals surface area contributed by atoms with E-state index in [1.807, 2.05) is 37.3 Å². The molecule has 36 heavy (non-hydrogen) atoms. The maximum Gasteiger partial charge on any atom is 0.408 e. The molecule has 0 fully saturated rings.